The molecule has 2 N–H and O–H groups in total. The number of halogens is 1. The molecule has 0 heterocycles. The molecule has 2 aromatic rings. The van der Waals surface area contributed by atoms with Crippen LogP contribution in [0.1, 0.15) is 18.1 Å². The summed E-state index contributed by atoms with van der Waals surface area (Å²) in [5.41, 5.74) is 2.13. The fourth-order valence-corrected chi connectivity index (χ4v) is 2.20. The average Bonchev–Trinajstić information content (AvgIpc) is 2.44. The molecule has 0 aliphatic carbocycles. The summed E-state index contributed by atoms with van der Waals surface area (Å²) in [7, 11) is 0. The first-order valence-electron chi connectivity index (χ1n) is 6.90. The highest BCUT2D eigenvalue weighted by molar-refractivity contribution is 6.30. The summed E-state index contributed by atoms with van der Waals surface area (Å²) in [6.45, 7) is 5.37. The van der Waals surface area contributed by atoms with E-state index in [1.165, 1.54) is 0 Å². The number of carbonyl (C=O) groups excluding carboxylic acids is 1. The lowest BCUT2D eigenvalue weighted by Crippen LogP contribution is -2.30. The molecule has 1 amide bonds. The van der Waals surface area contributed by atoms with Crippen molar-refractivity contribution in [3.63, 3.8) is 0 Å². The zero-order valence-electron chi connectivity index (χ0n) is 12.7. The fourth-order valence-electron chi connectivity index (χ4n) is 1.97. The van der Waals surface area contributed by atoms with Gasteiger partial charge in [0.15, 0.2) is 6.10 Å². The Labute approximate surface area is 134 Å². The molecule has 0 radical (unpaired) electrons. The SMILES string of the molecule is Cc1ccc(NC(=O)C(C)Oc2ccc(Cl)cc2C)c(O)c1. The Hall–Kier alpha value is -2.20. The van der Waals surface area contributed by atoms with Crippen molar-refractivity contribution in [2.45, 2.75) is 26.9 Å². The largest absolute Gasteiger partial charge is 0.506 e. The Morgan fingerprint density at radius 2 is 1.95 bits per heavy atom. The second kappa shape index (κ2) is 6.71. The van der Waals surface area contributed by atoms with E-state index in [1.807, 2.05) is 19.9 Å². The van der Waals surface area contributed by atoms with Crippen molar-refractivity contribution in [2.24, 2.45) is 0 Å². The summed E-state index contributed by atoms with van der Waals surface area (Å²) < 4.78 is 5.65. The van der Waals surface area contributed by atoms with Crippen molar-refractivity contribution in [1.82, 2.24) is 0 Å². The van der Waals surface area contributed by atoms with Crippen LogP contribution in [0, 0.1) is 13.8 Å². The maximum absolute atomic E-state index is 12.2. The number of hydrogen-bond acceptors (Lipinski definition) is 3. The van der Waals surface area contributed by atoms with Gasteiger partial charge in [-0.25, -0.2) is 0 Å². The molecule has 2 rings (SSSR count). The molecule has 0 fully saturated rings. The van der Waals surface area contributed by atoms with Crippen LogP contribution in [0.25, 0.3) is 0 Å². The normalized spacial score (nSPS) is 11.8. The van der Waals surface area contributed by atoms with Crippen LogP contribution in [-0.4, -0.2) is 17.1 Å². The molecule has 22 heavy (non-hydrogen) atoms. The van der Waals surface area contributed by atoms with Gasteiger partial charge in [-0.05, 0) is 62.2 Å². The molecule has 0 saturated heterocycles. The fraction of sp³-hybridized carbons (Fsp3) is 0.235. The zero-order valence-corrected chi connectivity index (χ0v) is 13.4. The summed E-state index contributed by atoms with van der Waals surface area (Å²) in [5, 5.41) is 13.1. The van der Waals surface area contributed by atoms with E-state index in [2.05, 4.69) is 5.32 Å². The van der Waals surface area contributed by atoms with Gasteiger partial charge in [0, 0.05) is 5.02 Å². The van der Waals surface area contributed by atoms with E-state index >= 15 is 0 Å². The Kier molecular flexibility index (Phi) is 4.93. The highest BCUT2D eigenvalue weighted by atomic mass is 35.5. The lowest BCUT2D eigenvalue weighted by atomic mass is 10.2. The second-order valence-electron chi connectivity index (χ2n) is 5.18. The minimum Gasteiger partial charge on any atom is -0.506 e. The third-order valence-electron chi connectivity index (χ3n) is 3.22. The van der Waals surface area contributed by atoms with E-state index in [0.29, 0.717) is 16.5 Å². The number of anilines is 1. The van der Waals surface area contributed by atoms with Crippen LogP contribution >= 0.6 is 11.6 Å². The zero-order chi connectivity index (χ0) is 16.3. The molecule has 0 saturated carbocycles. The Balaban J connectivity index is 2.05. The Bertz CT molecular complexity index is 700. The van der Waals surface area contributed by atoms with Crippen molar-refractivity contribution in [2.75, 3.05) is 5.32 Å². The molecule has 5 heteroatoms. The summed E-state index contributed by atoms with van der Waals surface area (Å²) in [5.74, 6) is 0.289. The number of amides is 1. The first-order valence-corrected chi connectivity index (χ1v) is 7.28. The number of phenols is 1. The lowest BCUT2D eigenvalue weighted by molar-refractivity contribution is -0.122. The number of nitrogens with one attached hydrogen (secondary N) is 1. The van der Waals surface area contributed by atoms with Crippen molar-refractivity contribution >= 4 is 23.2 Å². The molecular weight excluding hydrogens is 302 g/mol. The summed E-state index contributed by atoms with van der Waals surface area (Å²) >= 11 is 5.89. The summed E-state index contributed by atoms with van der Waals surface area (Å²) in [6.07, 6.45) is -0.708. The second-order valence-corrected chi connectivity index (χ2v) is 5.62. The van der Waals surface area contributed by atoms with Gasteiger partial charge in [-0.15, -0.1) is 0 Å². The predicted molar refractivity (Wildman–Crippen MR) is 87.8 cm³/mol. The molecule has 1 atom stereocenters. The van der Waals surface area contributed by atoms with E-state index in [9.17, 15) is 9.90 Å². The molecular formula is C17H18ClNO3. The molecule has 0 aliphatic rings. The smallest absolute Gasteiger partial charge is 0.265 e. The van der Waals surface area contributed by atoms with Crippen LogP contribution in [-0.2, 0) is 4.79 Å². The Morgan fingerprint density at radius 1 is 1.23 bits per heavy atom. The first kappa shape index (κ1) is 16.2. The molecule has 0 aliphatic heterocycles. The van der Waals surface area contributed by atoms with Crippen LogP contribution < -0.4 is 10.1 Å². The van der Waals surface area contributed by atoms with Crippen LogP contribution in [0.4, 0.5) is 5.69 Å². The molecule has 1 unspecified atom stereocenters. The lowest BCUT2D eigenvalue weighted by Gasteiger charge is -2.17. The number of aryl methyl sites for hydroxylation is 2. The third kappa shape index (κ3) is 3.92. The number of carbonyl (C=O) groups is 1. The topological polar surface area (TPSA) is 58.6 Å². The van der Waals surface area contributed by atoms with Gasteiger partial charge in [-0.3, -0.25) is 4.79 Å². The number of aromatic hydroxyl groups is 1. The average molecular weight is 320 g/mol. The standard InChI is InChI=1S/C17H18ClNO3/c1-10-4-6-14(15(20)8-10)19-17(21)12(3)22-16-7-5-13(18)9-11(16)2/h4-9,12,20H,1-3H3,(H,19,21). The number of benzene rings is 2. The van der Waals surface area contributed by atoms with Crippen molar-refractivity contribution < 1.29 is 14.6 Å². The quantitative estimate of drug-likeness (QED) is 0.835. The van der Waals surface area contributed by atoms with Gasteiger partial charge < -0.3 is 15.2 Å². The monoisotopic (exact) mass is 319 g/mol. The summed E-state index contributed by atoms with van der Waals surface area (Å²) in [6, 6.07) is 10.3. The van der Waals surface area contributed by atoms with Gasteiger partial charge >= 0.3 is 0 Å². The van der Waals surface area contributed by atoms with Gasteiger partial charge in [0.2, 0.25) is 0 Å². The van der Waals surface area contributed by atoms with E-state index in [0.717, 1.165) is 11.1 Å². The van der Waals surface area contributed by atoms with Crippen LogP contribution in [0.5, 0.6) is 11.5 Å². The molecule has 4 nitrogen and oxygen atoms in total. The number of hydrogen-bond donors (Lipinski definition) is 2. The van der Waals surface area contributed by atoms with Gasteiger partial charge in [-0.1, -0.05) is 17.7 Å². The van der Waals surface area contributed by atoms with E-state index in [1.54, 1.807) is 37.3 Å². The minimum absolute atomic E-state index is 0.0308. The van der Waals surface area contributed by atoms with Crippen molar-refractivity contribution in [3.05, 3.63) is 52.5 Å². The number of phenolic OH excluding ortho intramolecular Hbond substituents is 1. The third-order valence-corrected chi connectivity index (χ3v) is 3.46. The van der Waals surface area contributed by atoms with Gasteiger partial charge in [0.05, 0.1) is 5.69 Å². The number of ether oxygens (including phenoxy) is 1. The number of rotatable bonds is 4. The predicted octanol–water partition coefficient (Wildman–Crippen LogP) is 4.07. The van der Waals surface area contributed by atoms with E-state index < -0.39 is 6.10 Å². The highest BCUT2D eigenvalue weighted by Crippen LogP contribution is 2.25. The van der Waals surface area contributed by atoms with E-state index in [4.69, 9.17) is 16.3 Å². The van der Waals surface area contributed by atoms with Crippen molar-refractivity contribution in [3.8, 4) is 11.5 Å². The first-order chi connectivity index (χ1) is 10.4. The molecule has 0 bridgehead atoms. The van der Waals surface area contributed by atoms with Gasteiger partial charge in [0.25, 0.3) is 5.91 Å². The molecule has 2 aromatic carbocycles. The molecule has 116 valence electrons. The maximum Gasteiger partial charge on any atom is 0.265 e. The maximum atomic E-state index is 12.2. The minimum atomic E-state index is -0.708. The molecule has 0 spiro atoms. The van der Waals surface area contributed by atoms with Crippen LogP contribution in [0.2, 0.25) is 5.02 Å². The van der Waals surface area contributed by atoms with Crippen molar-refractivity contribution in [1.29, 1.82) is 0 Å². The van der Waals surface area contributed by atoms with Gasteiger partial charge in [0.1, 0.15) is 11.5 Å². The Morgan fingerprint density at radius 3 is 2.59 bits per heavy atom. The van der Waals surface area contributed by atoms with Gasteiger partial charge in [-0.2, -0.15) is 0 Å². The van der Waals surface area contributed by atoms with Crippen LogP contribution in [0.3, 0.4) is 0 Å². The van der Waals surface area contributed by atoms with E-state index in [-0.39, 0.29) is 11.7 Å². The van der Waals surface area contributed by atoms with Crippen LogP contribution in [0.15, 0.2) is 36.4 Å². The summed E-state index contributed by atoms with van der Waals surface area (Å²) in [4.78, 5) is 12.2. The molecule has 0 aromatic heterocycles. The highest BCUT2D eigenvalue weighted by Gasteiger charge is 2.17.